The Morgan fingerprint density at radius 1 is 0.586 bits per heavy atom. The van der Waals surface area contributed by atoms with Gasteiger partial charge in [-0.2, -0.15) is 18.2 Å². The molecule has 3 nitrogen and oxygen atoms in total. The normalized spacial score (nSPS) is 8.52. The number of rotatable bonds is 3. The molecule has 0 aromatic heterocycles. The van der Waals surface area contributed by atoms with Crippen LogP contribution in [0.3, 0.4) is 0 Å². The third-order valence-corrected chi connectivity index (χ3v) is 11.5. The van der Waals surface area contributed by atoms with Crippen molar-refractivity contribution < 1.29 is 21.7 Å². The number of hydrogen-bond donors (Lipinski definition) is 0. The zero-order chi connectivity index (χ0) is 20.5. The summed E-state index contributed by atoms with van der Waals surface area (Å²) < 4.78 is 12.1. The van der Waals surface area contributed by atoms with E-state index in [1.165, 1.54) is 10.7 Å². The molecule has 0 saturated carbocycles. The quantitative estimate of drug-likeness (QED) is 0.226. The summed E-state index contributed by atoms with van der Waals surface area (Å²) in [7, 11) is 0. The van der Waals surface area contributed by atoms with Crippen LogP contribution in [0.15, 0.2) is 121 Å². The van der Waals surface area contributed by atoms with Gasteiger partial charge in [0.15, 0.2) is 0 Å². The summed E-state index contributed by atoms with van der Waals surface area (Å²) in [6, 6.07) is 42.9. The van der Waals surface area contributed by atoms with Crippen LogP contribution in [-0.2, 0) is 21.7 Å². The van der Waals surface area contributed by atoms with Crippen LogP contribution in [0.4, 0.5) is 0 Å². The molecule has 2 radical (unpaired) electrons. The fourth-order valence-corrected chi connectivity index (χ4v) is 9.99. The van der Waals surface area contributed by atoms with Crippen LogP contribution in [0.25, 0.3) is 5.59 Å². The van der Waals surface area contributed by atoms with Gasteiger partial charge in [0, 0.05) is 0 Å². The molecule has 0 heterocycles. The molecule has 0 atom stereocenters. The van der Waals surface area contributed by atoms with Gasteiger partial charge in [0.2, 0.25) is 0 Å². The van der Waals surface area contributed by atoms with Crippen LogP contribution in [0.2, 0.25) is 0 Å². The van der Waals surface area contributed by atoms with Gasteiger partial charge in [-0.05, 0) is 0 Å². The third kappa shape index (κ3) is 9.62. The molecular formula is C24H20MnNO2Sn. The van der Waals surface area contributed by atoms with Crippen molar-refractivity contribution in [2.24, 2.45) is 0 Å². The van der Waals surface area contributed by atoms with E-state index in [4.69, 9.17) is 15.2 Å². The standard InChI is InChI=1S/3C6H5.C5H5.CO.Mn.NO.Sn/c3*1-2-4-6-5-3-1;1-2-4-5-3-1;1-2;;1-2;/h3*1-5H;1-5H;;;;/q;;;-1;;+2;-1;. The Hall–Kier alpha value is -2.33. The molecule has 0 fully saturated rings. The van der Waals surface area contributed by atoms with Crippen LogP contribution >= 0.6 is 0 Å². The van der Waals surface area contributed by atoms with E-state index in [1.54, 1.807) is 0 Å². The minimum absolute atomic E-state index is 0. The van der Waals surface area contributed by atoms with Gasteiger partial charge in [-0.15, -0.1) is 0 Å². The molecule has 0 unspecified atom stereocenters. The first-order chi connectivity index (χ1) is 13.9. The van der Waals surface area contributed by atoms with E-state index in [0.717, 1.165) is 0 Å². The van der Waals surface area contributed by atoms with E-state index in [-0.39, 0.29) is 17.1 Å². The molecule has 0 amide bonds. The summed E-state index contributed by atoms with van der Waals surface area (Å²) in [6.07, 6.45) is 0. The predicted molar refractivity (Wildman–Crippen MR) is 117 cm³/mol. The molecule has 4 aromatic carbocycles. The molecule has 144 valence electrons. The number of nitroso groups, excluding NO2 is 1. The minimum atomic E-state index is -1.98. The number of hydrogen-bond acceptors (Lipinski definition) is 1. The summed E-state index contributed by atoms with van der Waals surface area (Å²) in [5, 5.41) is 0. The molecule has 29 heavy (non-hydrogen) atoms. The third-order valence-electron chi connectivity index (χ3n) is 3.74. The van der Waals surface area contributed by atoms with Crippen molar-refractivity contribution in [2.75, 3.05) is 0 Å². The van der Waals surface area contributed by atoms with Gasteiger partial charge in [-0.25, -0.2) is 12.1 Å². The molecule has 0 aliphatic carbocycles. The van der Waals surface area contributed by atoms with Crippen molar-refractivity contribution >= 4 is 30.5 Å². The van der Waals surface area contributed by atoms with Gasteiger partial charge in [0.25, 0.3) is 0 Å². The Morgan fingerprint density at radius 3 is 1.07 bits per heavy atom. The van der Waals surface area contributed by atoms with E-state index in [2.05, 4.69) is 97.6 Å². The molecule has 0 aliphatic heterocycles. The summed E-state index contributed by atoms with van der Waals surface area (Å²) in [6.45, 7) is 4.50. The summed E-state index contributed by atoms with van der Waals surface area (Å²) >= 11 is -1.98. The van der Waals surface area contributed by atoms with Crippen LogP contribution < -0.4 is 10.7 Å². The maximum atomic E-state index is 7.50. The first-order valence-electron chi connectivity index (χ1n) is 8.54. The molecule has 4 rings (SSSR count). The molecule has 0 saturated heterocycles. The van der Waals surface area contributed by atoms with Crippen molar-refractivity contribution in [3.05, 3.63) is 138 Å². The molecule has 0 N–H and O–H groups in total. The molecule has 5 heteroatoms. The van der Waals surface area contributed by atoms with Crippen LogP contribution in [0, 0.1) is 11.6 Å². The first kappa shape index (κ1) is 26.7. The summed E-state index contributed by atoms with van der Waals surface area (Å²) in [5.74, 6) is 0. The second kappa shape index (κ2) is 17.7. The topological polar surface area (TPSA) is 59.3 Å². The molecule has 0 aliphatic rings. The zero-order valence-electron chi connectivity index (χ0n) is 15.7. The number of benzene rings is 3. The Kier molecular flexibility index (Phi) is 16.3. The Balaban J connectivity index is 0.000000667. The summed E-state index contributed by atoms with van der Waals surface area (Å²) in [4.78, 5) is 7.25. The number of nitrogens with zero attached hydrogens (tertiary/aromatic N) is 1. The average Bonchev–Trinajstić information content (AvgIpc) is 3.39. The molecule has 0 bridgehead atoms. The van der Waals surface area contributed by atoms with Gasteiger partial charge < -0.3 is 10.5 Å². The second-order valence-electron chi connectivity index (χ2n) is 5.44. The van der Waals surface area contributed by atoms with Crippen molar-refractivity contribution in [1.82, 2.24) is 0 Å². The fourth-order valence-electron chi connectivity index (χ4n) is 2.64. The van der Waals surface area contributed by atoms with Crippen LogP contribution in [-0.4, -0.2) is 19.8 Å². The van der Waals surface area contributed by atoms with Crippen molar-refractivity contribution in [2.45, 2.75) is 0 Å². The van der Waals surface area contributed by atoms with E-state index in [9.17, 15) is 0 Å². The molecule has 4 aromatic rings. The first-order valence-corrected chi connectivity index (χ1v) is 12.8. The maximum absolute atomic E-state index is 7.50. The molecular weight excluding hydrogens is 508 g/mol. The van der Waals surface area contributed by atoms with Gasteiger partial charge in [0.05, 0.1) is 0 Å². The SMILES string of the molecule is [C-]#[O+].[Mn+2].[N-]=O.c1cc[cH-]c1.c1cc[c]([Sn]([c]2ccccc2)[c]2ccccc2)cc1. The van der Waals surface area contributed by atoms with Gasteiger partial charge in [0.1, 0.15) is 0 Å². The van der Waals surface area contributed by atoms with Crippen LogP contribution in [0.5, 0.6) is 0 Å². The Morgan fingerprint density at radius 2 is 0.862 bits per heavy atom. The van der Waals surface area contributed by atoms with E-state index in [0.29, 0.717) is 0 Å². The van der Waals surface area contributed by atoms with Crippen LogP contribution in [0.1, 0.15) is 0 Å². The summed E-state index contributed by atoms with van der Waals surface area (Å²) in [5.41, 5.74) is 5.75. The monoisotopic (exact) mass is 529 g/mol. The second-order valence-corrected chi connectivity index (χ2v) is 12.5. The van der Waals surface area contributed by atoms with E-state index < -0.39 is 19.8 Å². The van der Waals surface area contributed by atoms with Crippen molar-refractivity contribution in [3.63, 3.8) is 0 Å². The predicted octanol–water partition coefficient (Wildman–Crippen LogP) is 3.89. The van der Waals surface area contributed by atoms with E-state index in [1.807, 2.05) is 30.3 Å². The zero-order valence-corrected chi connectivity index (χ0v) is 19.7. The molecule has 0 spiro atoms. The Labute approximate surface area is 189 Å². The fraction of sp³-hybridized carbons (Fsp3) is 0. The van der Waals surface area contributed by atoms with E-state index >= 15 is 0 Å². The van der Waals surface area contributed by atoms with Gasteiger partial charge in [-0.3, -0.25) is 0 Å². The van der Waals surface area contributed by atoms with Crippen molar-refractivity contribution in [1.29, 1.82) is 0 Å². The Bertz CT molecular complexity index is 759. The van der Waals surface area contributed by atoms with Crippen molar-refractivity contribution in [3.8, 4) is 0 Å². The van der Waals surface area contributed by atoms with Gasteiger partial charge in [-0.1, -0.05) is 0 Å². The average molecular weight is 528 g/mol. The van der Waals surface area contributed by atoms with Gasteiger partial charge >= 0.3 is 150 Å².